The number of hydrogen-bond donors (Lipinski definition) is 0. The number of ketones is 1. The number of carbonyl (C=O) groups is 2. The van der Waals surface area contributed by atoms with Crippen LogP contribution in [-0.4, -0.2) is 17.9 Å². The van der Waals surface area contributed by atoms with Gasteiger partial charge >= 0.3 is 5.97 Å². The minimum absolute atomic E-state index is 0.0591. The topological polar surface area (TPSA) is 61.8 Å². The van der Waals surface area contributed by atoms with Gasteiger partial charge in [0.2, 0.25) is 34.9 Å². The predicted molar refractivity (Wildman–Crippen MR) is 117 cm³/mol. The Balaban J connectivity index is 1.54. The Hall–Kier alpha value is -4.21. The molecule has 0 saturated carbocycles. The molecule has 36 heavy (non-hydrogen) atoms. The first-order valence-corrected chi connectivity index (χ1v) is 10.5. The summed E-state index contributed by atoms with van der Waals surface area (Å²) in [5.41, 5.74) is 2.23. The maximum atomic E-state index is 13.9. The molecule has 1 atom stereocenters. The highest BCUT2D eigenvalue weighted by Gasteiger charge is 2.32. The van der Waals surface area contributed by atoms with Gasteiger partial charge in [0.15, 0.2) is 17.6 Å². The van der Waals surface area contributed by atoms with Gasteiger partial charge in [0.25, 0.3) is 0 Å². The molecule has 0 aromatic heterocycles. The maximum Gasteiger partial charge on any atom is 0.352 e. The lowest BCUT2D eigenvalue weighted by molar-refractivity contribution is -0.141. The van der Waals surface area contributed by atoms with Crippen molar-refractivity contribution in [2.75, 3.05) is 0 Å². The molecular weight excluding hydrogens is 487 g/mol. The van der Waals surface area contributed by atoms with E-state index in [1.807, 2.05) is 25.1 Å². The van der Waals surface area contributed by atoms with Crippen LogP contribution < -0.4 is 14.2 Å². The van der Waals surface area contributed by atoms with Crippen LogP contribution in [-0.2, 0) is 4.79 Å². The third-order valence-corrected chi connectivity index (χ3v) is 5.38. The van der Waals surface area contributed by atoms with Crippen LogP contribution >= 0.6 is 0 Å². The minimum Gasteiger partial charge on any atom is -0.473 e. The molecular formula is C26H17F5O5. The Morgan fingerprint density at radius 2 is 1.58 bits per heavy atom. The van der Waals surface area contributed by atoms with Gasteiger partial charge in [-0.1, -0.05) is 29.8 Å². The number of esters is 1. The van der Waals surface area contributed by atoms with Gasteiger partial charge in [-0.15, -0.1) is 0 Å². The number of fused-ring (bicyclic) bond motifs is 1. The summed E-state index contributed by atoms with van der Waals surface area (Å²) in [6, 6.07) is 10.1. The van der Waals surface area contributed by atoms with Gasteiger partial charge in [0.05, 0.1) is 5.56 Å². The highest BCUT2D eigenvalue weighted by atomic mass is 19.2. The van der Waals surface area contributed by atoms with E-state index in [-0.39, 0.29) is 34.2 Å². The first-order chi connectivity index (χ1) is 17.0. The van der Waals surface area contributed by atoms with Crippen molar-refractivity contribution in [3.8, 4) is 17.2 Å². The second-order valence-corrected chi connectivity index (χ2v) is 8.00. The normalized spacial score (nSPS) is 14.4. The van der Waals surface area contributed by atoms with Crippen LogP contribution in [0.3, 0.4) is 0 Å². The Bertz CT molecular complexity index is 1420. The number of aryl methyl sites for hydroxylation is 1. The molecule has 0 amide bonds. The highest BCUT2D eigenvalue weighted by Crippen LogP contribution is 2.39. The zero-order valence-corrected chi connectivity index (χ0v) is 19.0. The molecule has 1 aliphatic heterocycles. The van der Waals surface area contributed by atoms with E-state index in [0.29, 0.717) is 0 Å². The summed E-state index contributed by atoms with van der Waals surface area (Å²) in [6.07, 6.45) is -0.189. The lowest BCUT2D eigenvalue weighted by Crippen LogP contribution is -2.29. The molecule has 0 fully saturated rings. The van der Waals surface area contributed by atoms with E-state index in [0.717, 1.165) is 18.1 Å². The summed E-state index contributed by atoms with van der Waals surface area (Å²) >= 11 is 0. The fraction of sp³-hybridized carbons (Fsp3) is 0.154. The van der Waals surface area contributed by atoms with E-state index >= 15 is 0 Å². The first kappa shape index (κ1) is 24.9. The van der Waals surface area contributed by atoms with Crippen molar-refractivity contribution in [2.24, 2.45) is 0 Å². The van der Waals surface area contributed by atoms with Crippen LogP contribution in [0.4, 0.5) is 22.0 Å². The Kier molecular flexibility index (Phi) is 6.53. The average Bonchev–Trinajstić information content (AvgIpc) is 3.16. The summed E-state index contributed by atoms with van der Waals surface area (Å²) in [7, 11) is 0. The molecule has 5 nitrogen and oxygen atoms in total. The number of benzene rings is 3. The second kappa shape index (κ2) is 9.44. The molecule has 0 aliphatic carbocycles. The van der Waals surface area contributed by atoms with E-state index in [1.165, 1.54) is 19.1 Å². The fourth-order valence-corrected chi connectivity index (χ4v) is 3.49. The number of ether oxygens (including phenoxy) is 3. The predicted octanol–water partition coefficient (Wildman–Crippen LogP) is 5.99. The standard InChI is InChI=1S/C26H17F5O5/c1-11-5-4-6-14(9-11)10-17-23(32)15-7-8-16(12(2)24(15)35-17)36-26(33)13(3)34-25-21(30)19(28)18(27)20(29)22(25)31/h4-10,13H,1-3H3/b17-10-. The largest absolute Gasteiger partial charge is 0.473 e. The lowest BCUT2D eigenvalue weighted by Gasteiger charge is -2.16. The minimum atomic E-state index is -2.35. The van der Waals surface area contributed by atoms with Crippen molar-refractivity contribution in [1.82, 2.24) is 0 Å². The molecule has 3 aromatic rings. The second-order valence-electron chi connectivity index (χ2n) is 8.00. The van der Waals surface area contributed by atoms with Gasteiger partial charge in [-0.25, -0.2) is 18.0 Å². The molecule has 1 heterocycles. The van der Waals surface area contributed by atoms with Crippen LogP contribution in [0.25, 0.3) is 6.08 Å². The maximum absolute atomic E-state index is 13.9. The number of Topliss-reactive ketones (excluding diaryl/α,β-unsaturated/α-hetero) is 1. The third kappa shape index (κ3) is 4.41. The first-order valence-electron chi connectivity index (χ1n) is 10.5. The van der Waals surface area contributed by atoms with Crippen molar-refractivity contribution in [3.05, 3.63) is 93.5 Å². The summed E-state index contributed by atoms with van der Waals surface area (Å²) in [5.74, 6) is -14.3. The zero-order valence-electron chi connectivity index (χ0n) is 19.0. The molecule has 186 valence electrons. The van der Waals surface area contributed by atoms with Crippen molar-refractivity contribution in [2.45, 2.75) is 26.9 Å². The van der Waals surface area contributed by atoms with E-state index < -0.39 is 46.9 Å². The Morgan fingerprint density at radius 1 is 0.944 bits per heavy atom. The third-order valence-electron chi connectivity index (χ3n) is 5.38. The van der Waals surface area contributed by atoms with Crippen LogP contribution in [0.5, 0.6) is 17.2 Å². The molecule has 1 aliphatic rings. The number of halogens is 5. The molecule has 4 rings (SSSR count). The number of rotatable bonds is 5. The molecule has 10 heteroatoms. The summed E-state index contributed by atoms with van der Waals surface area (Å²) < 4.78 is 83.4. The smallest absolute Gasteiger partial charge is 0.352 e. The molecule has 0 spiro atoms. The highest BCUT2D eigenvalue weighted by molar-refractivity contribution is 6.15. The monoisotopic (exact) mass is 504 g/mol. The van der Waals surface area contributed by atoms with Gasteiger partial charge < -0.3 is 14.2 Å². The van der Waals surface area contributed by atoms with E-state index in [4.69, 9.17) is 14.2 Å². The van der Waals surface area contributed by atoms with Crippen molar-refractivity contribution in [3.63, 3.8) is 0 Å². The van der Waals surface area contributed by atoms with Crippen LogP contribution in [0.15, 0.2) is 42.2 Å². The van der Waals surface area contributed by atoms with Crippen molar-refractivity contribution >= 4 is 17.8 Å². The van der Waals surface area contributed by atoms with Gasteiger partial charge in [-0.2, -0.15) is 8.78 Å². The molecule has 0 N–H and O–H groups in total. The van der Waals surface area contributed by atoms with Gasteiger partial charge in [0, 0.05) is 5.56 Å². The Labute approximate surface area is 201 Å². The van der Waals surface area contributed by atoms with Crippen molar-refractivity contribution < 1.29 is 45.8 Å². The van der Waals surface area contributed by atoms with Crippen LogP contribution in [0, 0.1) is 42.9 Å². The SMILES string of the molecule is Cc1cccc(/C=C2\Oc3c(ccc(OC(=O)C(C)Oc4c(F)c(F)c(F)c(F)c4F)c3C)C2=O)c1. The number of carbonyl (C=O) groups excluding carboxylic acids is 2. The van der Waals surface area contributed by atoms with Gasteiger partial charge in [0.1, 0.15) is 11.5 Å². The average molecular weight is 504 g/mol. The lowest BCUT2D eigenvalue weighted by atomic mass is 10.1. The summed E-state index contributed by atoms with van der Waals surface area (Å²) in [4.78, 5) is 25.2. The quantitative estimate of drug-likeness (QED) is 0.107. The molecule has 0 radical (unpaired) electrons. The van der Waals surface area contributed by atoms with Gasteiger partial charge in [-0.05, 0) is 44.5 Å². The number of hydrogen-bond acceptors (Lipinski definition) is 5. The summed E-state index contributed by atoms with van der Waals surface area (Å²) in [5, 5.41) is 0. The van der Waals surface area contributed by atoms with Gasteiger partial charge in [-0.3, -0.25) is 4.79 Å². The summed E-state index contributed by atoms with van der Waals surface area (Å²) in [6.45, 7) is 4.42. The number of allylic oxidation sites excluding steroid dienone is 1. The fourth-order valence-electron chi connectivity index (χ4n) is 3.49. The molecule has 0 saturated heterocycles. The zero-order chi connectivity index (χ0) is 26.3. The molecule has 1 unspecified atom stereocenters. The van der Waals surface area contributed by atoms with Crippen LogP contribution in [0.1, 0.15) is 34.0 Å². The van der Waals surface area contributed by atoms with Crippen LogP contribution in [0.2, 0.25) is 0 Å². The van der Waals surface area contributed by atoms with Crippen molar-refractivity contribution in [1.29, 1.82) is 0 Å². The molecule has 0 bridgehead atoms. The molecule has 3 aromatic carbocycles. The van der Waals surface area contributed by atoms with E-state index in [1.54, 1.807) is 12.1 Å². The Morgan fingerprint density at radius 3 is 2.22 bits per heavy atom. The van der Waals surface area contributed by atoms with E-state index in [9.17, 15) is 31.5 Å². The van der Waals surface area contributed by atoms with E-state index in [2.05, 4.69) is 0 Å².